The second kappa shape index (κ2) is 10.5. The van der Waals surface area contributed by atoms with Crippen LogP contribution < -0.4 is 19.9 Å². The molecule has 9 nitrogen and oxygen atoms in total. The number of phenolic OH excluding ortho intramolecular Hbond substituents is 1. The van der Waals surface area contributed by atoms with Gasteiger partial charge in [0.15, 0.2) is 0 Å². The summed E-state index contributed by atoms with van der Waals surface area (Å²) in [6, 6.07) is 6.93. The summed E-state index contributed by atoms with van der Waals surface area (Å²) in [7, 11) is 0. The van der Waals surface area contributed by atoms with E-state index in [2.05, 4.69) is 15.1 Å². The van der Waals surface area contributed by atoms with E-state index in [4.69, 9.17) is 14.7 Å². The number of phenols is 1. The largest absolute Gasteiger partial charge is 0.508 e. The number of alkyl halides is 1. The van der Waals surface area contributed by atoms with Gasteiger partial charge in [-0.25, -0.2) is 8.78 Å². The summed E-state index contributed by atoms with van der Waals surface area (Å²) in [5.74, 6) is 0.0788. The van der Waals surface area contributed by atoms with Crippen molar-refractivity contribution in [3.8, 4) is 11.8 Å². The maximum absolute atomic E-state index is 15.0. The number of halogens is 2. The van der Waals surface area contributed by atoms with E-state index in [9.17, 15) is 18.7 Å². The van der Waals surface area contributed by atoms with Crippen LogP contribution in [-0.4, -0.2) is 89.0 Å². The summed E-state index contributed by atoms with van der Waals surface area (Å²) < 4.78 is 35.8. The number of ether oxygens (including phenoxy) is 1. The molecule has 9 rings (SSSR count). The smallest absolute Gasteiger partial charge is 0.319 e. The number of nitrogens with zero attached hydrogens (tertiary/aromatic N) is 5. The Balaban J connectivity index is 1.20. The summed E-state index contributed by atoms with van der Waals surface area (Å²) >= 11 is 0. The fourth-order valence-corrected chi connectivity index (χ4v) is 8.49. The minimum absolute atomic E-state index is 0.00658. The highest BCUT2D eigenvalue weighted by atomic mass is 19.1. The van der Waals surface area contributed by atoms with Gasteiger partial charge in [-0.05, 0) is 68.2 Å². The lowest BCUT2D eigenvalue weighted by atomic mass is 9.91. The molecule has 4 atom stereocenters. The normalized spacial score (nSPS) is 28.2. The lowest BCUT2D eigenvalue weighted by molar-refractivity contribution is 0.0963. The van der Waals surface area contributed by atoms with Crippen LogP contribution in [0.2, 0.25) is 0 Å². The van der Waals surface area contributed by atoms with E-state index in [1.165, 1.54) is 6.07 Å². The number of amides is 1. The van der Waals surface area contributed by atoms with Gasteiger partial charge in [0.1, 0.15) is 35.9 Å². The van der Waals surface area contributed by atoms with Gasteiger partial charge in [0.05, 0.1) is 11.2 Å². The molecule has 7 heterocycles. The highest BCUT2D eigenvalue weighted by Gasteiger charge is 2.49. The second-order valence-electron chi connectivity index (χ2n) is 13.2. The van der Waals surface area contributed by atoms with Crippen molar-refractivity contribution in [3.63, 3.8) is 0 Å². The number of piperazine rings is 1. The molecule has 0 spiro atoms. The first-order chi connectivity index (χ1) is 21.3. The average molecular weight is 605 g/mol. The standard InChI is InChI=1S/C33H38F2N6O3/c1-2-24-26(35)7-4-19-12-23(42)13-27(28(19)24)40-11-8-25-29(31(40)43)37-32(38-30(25)41-17-21-5-6-22(41)15-36-21)44-18-33-9-3-10-39(33)16-20(34)14-33/h4,7,12-13,20-22,36,42H,2-3,5-6,8-11,14-18H2,1H3/t20-,21?,22?,33+/m1/s1. The van der Waals surface area contributed by atoms with Gasteiger partial charge in [-0.2, -0.15) is 9.97 Å². The zero-order valence-electron chi connectivity index (χ0n) is 25.0. The molecule has 5 fully saturated rings. The number of fused-ring (bicyclic) bond motifs is 6. The number of carbonyl (C=O) groups excluding carboxylic acids is 1. The van der Waals surface area contributed by atoms with Gasteiger partial charge < -0.3 is 25.0 Å². The second-order valence-corrected chi connectivity index (χ2v) is 13.2. The number of hydrogen-bond donors (Lipinski definition) is 2. The summed E-state index contributed by atoms with van der Waals surface area (Å²) in [5, 5.41) is 15.5. The zero-order chi connectivity index (χ0) is 30.2. The molecule has 0 saturated carbocycles. The number of carbonyl (C=O) groups is 1. The Bertz CT molecular complexity index is 1650. The fraction of sp³-hybridized carbons (Fsp3) is 0.545. The Labute approximate surface area is 255 Å². The van der Waals surface area contributed by atoms with Crippen LogP contribution in [0, 0.1) is 5.82 Å². The molecule has 2 unspecified atom stereocenters. The van der Waals surface area contributed by atoms with E-state index in [0.29, 0.717) is 60.4 Å². The molecule has 44 heavy (non-hydrogen) atoms. The lowest BCUT2D eigenvalue weighted by Crippen LogP contribution is -2.61. The topological polar surface area (TPSA) is 94.1 Å². The van der Waals surface area contributed by atoms with E-state index < -0.39 is 6.17 Å². The average Bonchev–Trinajstić information content (AvgIpc) is 3.56. The molecule has 0 radical (unpaired) electrons. The number of aromatic hydroxyl groups is 1. The molecule has 2 bridgehead atoms. The highest BCUT2D eigenvalue weighted by molar-refractivity contribution is 6.13. The van der Waals surface area contributed by atoms with Crippen LogP contribution >= 0.6 is 0 Å². The number of nitrogens with one attached hydrogen (secondary N) is 1. The lowest BCUT2D eigenvalue weighted by Gasteiger charge is -2.47. The third-order valence-corrected chi connectivity index (χ3v) is 10.6. The first-order valence-corrected chi connectivity index (χ1v) is 16.0. The Morgan fingerprint density at radius 1 is 1.18 bits per heavy atom. The van der Waals surface area contributed by atoms with E-state index in [0.717, 1.165) is 56.7 Å². The van der Waals surface area contributed by atoms with Gasteiger partial charge in [-0.1, -0.05) is 13.0 Å². The van der Waals surface area contributed by atoms with Crippen LogP contribution in [0.5, 0.6) is 11.8 Å². The first kappa shape index (κ1) is 27.9. The predicted octanol–water partition coefficient (Wildman–Crippen LogP) is 4.14. The van der Waals surface area contributed by atoms with Crippen LogP contribution in [0.4, 0.5) is 20.3 Å². The SMILES string of the molecule is CCc1c(F)ccc2cc(O)cc(N3CCc4c(nc(OC[C@@]56CCCN5C[C@H](F)C6)nc4N4CC5CCC4CN5)C3=O)c12. The number of rotatable bonds is 6. The molecule has 11 heteroatoms. The molecule has 1 aromatic heterocycles. The van der Waals surface area contributed by atoms with Gasteiger partial charge in [0, 0.05) is 61.7 Å². The third-order valence-electron chi connectivity index (χ3n) is 10.6. The fourth-order valence-electron chi connectivity index (χ4n) is 8.49. The molecule has 3 aromatic rings. The maximum Gasteiger partial charge on any atom is 0.319 e. The van der Waals surface area contributed by atoms with E-state index in [1.54, 1.807) is 23.1 Å². The number of piperidine rings is 2. The Morgan fingerprint density at radius 3 is 2.84 bits per heavy atom. The predicted molar refractivity (Wildman–Crippen MR) is 163 cm³/mol. The molecule has 0 aliphatic carbocycles. The van der Waals surface area contributed by atoms with Crippen LogP contribution in [0.25, 0.3) is 10.8 Å². The van der Waals surface area contributed by atoms with Gasteiger partial charge in [-0.15, -0.1) is 0 Å². The Morgan fingerprint density at radius 2 is 2.07 bits per heavy atom. The minimum Gasteiger partial charge on any atom is -0.508 e. The molecule has 6 aliphatic heterocycles. The quantitative estimate of drug-likeness (QED) is 0.434. The number of anilines is 2. The van der Waals surface area contributed by atoms with E-state index >= 15 is 0 Å². The molecular weight excluding hydrogens is 566 g/mol. The van der Waals surface area contributed by atoms with Crippen LogP contribution in [0.1, 0.15) is 60.6 Å². The van der Waals surface area contributed by atoms with Crippen molar-refractivity contribution in [2.45, 2.75) is 75.7 Å². The van der Waals surface area contributed by atoms with Crippen molar-refractivity contribution >= 4 is 28.2 Å². The van der Waals surface area contributed by atoms with Gasteiger partial charge >= 0.3 is 6.01 Å². The molecule has 6 aliphatic rings. The number of aryl methyl sites for hydroxylation is 1. The molecule has 5 saturated heterocycles. The molecule has 2 aromatic carbocycles. The van der Waals surface area contributed by atoms with Crippen LogP contribution in [-0.2, 0) is 12.8 Å². The van der Waals surface area contributed by atoms with Crippen molar-refractivity contribution < 1.29 is 23.4 Å². The monoisotopic (exact) mass is 604 g/mol. The molecule has 232 valence electrons. The summed E-state index contributed by atoms with van der Waals surface area (Å²) in [6.07, 6.45) is 4.52. The first-order valence-electron chi connectivity index (χ1n) is 16.0. The maximum atomic E-state index is 15.0. The molecule has 1 amide bonds. The van der Waals surface area contributed by atoms with Crippen molar-refractivity contribution in [2.24, 2.45) is 0 Å². The van der Waals surface area contributed by atoms with Crippen LogP contribution in [0.15, 0.2) is 24.3 Å². The van der Waals surface area contributed by atoms with E-state index in [1.807, 2.05) is 6.92 Å². The highest BCUT2D eigenvalue weighted by Crippen LogP contribution is 2.42. The van der Waals surface area contributed by atoms with Gasteiger partial charge in [-0.3, -0.25) is 9.69 Å². The zero-order valence-corrected chi connectivity index (χ0v) is 25.0. The summed E-state index contributed by atoms with van der Waals surface area (Å²) in [4.78, 5) is 30.2. The van der Waals surface area contributed by atoms with E-state index in [-0.39, 0.29) is 47.4 Å². The summed E-state index contributed by atoms with van der Waals surface area (Å²) in [6.45, 7) is 5.43. The number of aromatic nitrogens is 2. The van der Waals surface area contributed by atoms with Crippen molar-refractivity contribution in [3.05, 3.63) is 46.9 Å². The minimum atomic E-state index is -0.875. The van der Waals surface area contributed by atoms with Crippen molar-refractivity contribution in [2.75, 3.05) is 49.1 Å². The number of benzene rings is 2. The van der Waals surface area contributed by atoms with Gasteiger partial charge in [0.2, 0.25) is 0 Å². The van der Waals surface area contributed by atoms with Crippen molar-refractivity contribution in [1.82, 2.24) is 20.2 Å². The van der Waals surface area contributed by atoms with Crippen molar-refractivity contribution in [1.29, 1.82) is 0 Å². The Kier molecular flexibility index (Phi) is 6.68. The summed E-state index contributed by atoms with van der Waals surface area (Å²) in [5.41, 5.74) is 1.67. The Hall–Kier alpha value is -3.57. The van der Waals surface area contributed by atoms with Crippen LogP contribution in [0.3, 0.4) is 0 Å². The van der Waals surface area contributed by atoms with Gasteiger partial charge in [0.25, 0.3) is 5.91 Å². The molecule has 2 N–H and O–H groups in total. The third kappa shape index (κ3) is 4.42. The number of hydrogen-bond acceptors (Lipinski definition) is 8. The molecular formula is C33H38F2N6O3.